The van der Waals surface area contributed by atoms with Gasteiger partial charge in [0.1, 0.15) is 0 Å². The van der Waals surface area contributed by atoms with Gasteiger partial charge in [0.2, 0.25) is 0 Å². The number of hydrogen-bond acceptors (Lipinski definition) is 6. The van der Waals surface area contributed by atoms with Gasteiger partial charge in [-0.25, -0.2) is 8.78 Å². The molecule has 2 N–H and O–H groups in total. The number of H-pyrrole nitrogens is 1. The molecule has 0 spiro atoms. The van der Waals surface area contributed by atoms with Crippen molar-refractivity contribution in [2.75, 3.05) is 19.3 Å². The van der Waals surface area contributed by atoms with Crippen molar-refractivity contribution in [1.29, 1.82) is 0 Å². The van der Waals surface area contributed by atoms with E-state index in [0.29, 0.717) is 41.3 Å². The first-order valence-corrected chi connectivity index (χ1v) is 14.4. The SMILES string of the molecule is CSc1cc(C)[nH]c(=O)c1CNC(=O)c1cc(Cl)c2c(c1C)OC(C)(C1CCN(C3CC(F)(F)C3)CC1)O2. The molecule has 1 amide bonds. The van der Waals surface area contributed by atoms with Crippen molar-refractivity contribution in [3.05, 3.63) is 49.9 Å². The second-order valence-corrected chi connectivity index (χ2v) is 11.9. The predicted octanol–water partition coefficient (Wildman–Crippen LogP) is 5.29. The van der Waals surface area contributed by atoms with Gasteiger partial charge in [-0.1, -0.05) is 11.6 Å². The summed E-state index contributed by atoms with van der Waals surface area (Å²) in [6, 6.07) is 3.39. The molecule has 11 heteroatoms. The molecule has 5 rings (SSSR count). The van der Waals surface area contributed by atoms with Crippen LogP contribution in [0.2, 0.25) is 5.02 Å². The molecule has 2 aromatic rings. The molecule has 3 aliphatic rings. The molecule has 3 heterocycles. The van der Waals surface area contributed by atoms with E-state index in [0.717, 1.165) is 23.4 Å². The minimum absolute atomic E-state index is 0.0395. The van der Waals surface area contributed by atoms with Crippen LogP contribution in [-0.2, 0) is 6.54 Å². The first-order chi connectivity index (χ1) is 17.9. The average molecular weight is 568 g/mol. The van der Waals surface area contributed by atoms with E-state index in [4.69, 9.17) is 21.1 Å². The summed E-state index contributed by atoms with van der Waals surface area (Å²) in [5.74, 6) is -2.99. The number of nitrogens with zero attached hydrogens (tertiary/aromatic N) is 1. The second kappa shape index (κ2) is 10.0. The van der Waals surface area contributed by atoms with Crippen LogP contribution in [0.1, 0.15) is 59.8 Å². The highest BCUT2D eigenvalue weighted by molar-refractivity contribution is 7.98. The Kier molecular flexibility index (Phi) is 7.19. The maximum Gasteiger partial charge on any atom is 0.254 e. The zero-order chi connectivity index (χ0) is 27.4. The van der Waals surface area contributed by atoms with Crippen LogP contribution in [0, 0.1) is 19.8 Å². The van der Waals surface area contributed by atoms with Crippen LogP contribution in [-0.4, -0.2) is 52.9 Å². The van der Waals surface area contributed by atoms with Crippen molar-refractivity contribution in [2.24, 2.45) is 5.92 Å². The molecule has 7 nitrogen and oxygen atoms in total. The summed E-state index contributed by atoms with van der Waals surface area (Å²) in [6.45, 7) is 6.95. The summed E-state index contributed by atoms with van der Waals surface area (Å²) >= 11 is 8.01. The van der Waals surface area contributed by atoms with E-state index in [1.165, 1.54) is 11.8 Å². The number of alkyl halides is 2. The number of carbonyl (C=O) groups is 1. The van der Waals surface area contributed by atoms with Crippen LogP contribution < -0.4 is 20.3 Å². The fourth-order valence-electron chi connectivity index (χ4n) is 5.72. The van der Waals surface area contributed by atoms with Crippen LogP contribution >= 0.6 is 23.4 Å². The van der Waals surface area contributed by atoms with Crippen molar-refractivity contribution in [1.82, 2.24) is 15.2 Å². The third-order valence-electron chi connectivity index (χ3n) is 8.02. The lowest BCUT2D eigenvalue weighted by atomic mass is 9.83. The molecule has 0 radical (unpaired) electrons. The van der Waals surface area contributed by atoms with Crippen molar-refractivity contribution >= 4 is 29.3 Å². The minimum atomic E-state index is -2.53. The summed E-state index contributed by atoms with van der Waals surface area (Å²) in [4.78, 5) is 31.3. The number of rotatable bonds is 6. The minimum Gasteiger partial charge on any atom is -0.448 e. The summed E-state index contributed by atoms with van der Waals surface area (Å²) in [7, 11) is 0. The number of fused-ring (bicyclic) bond motifs is 1. The Morgan fingerprint density at radius 1 is 1.21 bits per heavy atom. The van der Waals surface area contributed by atoms with E-state index < -0.39 is 11.7 Å². The van der Waals surface area contributed by atoms with Crippen molar-refractivity contribution in [3.8, 4) is 11.5 Å². The number of amides is 1. The largest absolute Gasteiger partial charge is 0.448 e. The molecule has 2 aliphatic heterocycles. The number of likely N-dealkylation sites (tertiary alicyclic amines) is 1. The highest BCUT2D eigenvalue weighted by Crippen LogP contribution is 2.51. The number of thioether (sulfide) groups is 1. The van der Waals surface area contributed by atoms with Gasteiger partial charge < -0.3 is 19.8 Å². The Bertz CT molecular complexity index is 1320. The molecule has 1 saturated carbocycles. The van der Waals surface area contributed by atoms with Gasteiger partial charge in [0, 0.05) is 65.5 Å². The molecular weight excluding hydrogens is 536 g/mol. The molecule has 2 fully saturated rings. The fraction of sp³-hybridized carbons (Fsp3) is 0.556. The molecule has 1 aromatic carbocycles. The normalized spacial score (nSPS) is 23.3. The summed E-state index contributed by atoms with van der Waals surface area (Å²) in [6.07, 6.45) is 3.25. The summed E-state index contributed by atoms with van der Waals surface area (Å²) in [5.41, 5.74) is 1.96. The lowest BCUT2D eigenvalue weighted by Crippen LogP contribution is -2.55. The van der Waals surface area contributed by atoms with Gasteiger partial charge in [-0.2, -0.15) is 0 Å². The number of aromatic nitrogens is 1. The van der Waals surface area contributed by atoms with E-state index in [1.54, 1.807) is 13.0 Å². The number of carbonyl (C=O) groups excluding carboxylic acids is 1. The van der Waals surface area contributed by atoms with Crippen molar-refractivity contribution < 1.29 is 23.0 Å². The molecule has 1 unspecified atom stereocenters. The third-order valence-corrected chi connectivity index (χ3v) is 9.11. The maximum absolute atomic E-state index is 13.3. The topological polar surface area (TPSA) is 83.7 Å². The molecule has 1 aliphatic carbocycles. The molecule has 1 aromatic heterocycles. The lowest BCUT2D eigenvalue weighted by Gasteiger charge is -2.46. The number of nitrogens with one attached hydrogen (secondary N) is 2. The number of ether oxygens (including phenoxy) is 2. The van der Waals surface area contributed by atoms with Crippen LogP contribution in [0.15, 0.2) is 21.8 Å². The Morgan fingerprint density at radius 3 is 2.50 bits per heavy atom. The molecule has 38 heavy (non-hydrogen) atoms. The van der Waals surface area contributed by atoms with Gasteiger partial charge in [0.15, 0.2) is 11.5 Å². The van der Waals surface area contributed by atoms with Gasteiger partial charge in [0.05, 0.1) is 5.02 Å². The fourth-order valence-corrected chi connectivity index (χ4v) is 6.66. The standard InChI is InChI=1S/C27H32ClF2N3O4S/c1-14-9-21(38-4)19(25(35)32-14)13-31-24(34)18-10-20(28)23-22(15(18)2)36-26(3,37-23)16-5-7-33(8-6-16)17-11-27(29,30)12-17/h9-10,16-17H,5-8,11-13H2,1-4H3,(H,31,34)(H,32,35). The monoisotopic (exact) mass is 567 g/mol. The molecule has 1 atom stereocenters. The van der Waals surface area contributed by atoms with Crippen molar-refractivity contribution in [3.63, 3.8) is 0 Å². The Morgan fingerprint density at radius 2 is 1.87 bits per heavy atom. The van der Waals surface area contributed by atoms with Crippen LogP contribution in [0.5, 0.6) is 11.5 Å². The number of aromatic amines is 1. The van der Waals surface area contributed by atoms with Gasteiger partial charge in [-0.3, -0.25) is 14.5 Å². The Balaban J connectivity index is 1.28. The smallest absolute Gasteiger partial charge is 0.254 e. The lowest BCUT2D eigenvalue weighted by molar-refractivity contribution is -0.151. The second-order valence-electron chi connectivity index (χ2n) is 10.6. The van der Waals surface area contributed by atoms with E-state index >= 15 is 0 Å². The van der Waals surface area contributed by atoms with Gasteiger partial charge in [-0.15, -0.1) is 11.8 Å². The highest BCUT2D eigenvalue weighted by Gasteiger charge is 2.51. The third kappa shape index (κ3) is 5.02. The van der Waals surface area contributed by atoms with Crippen molar-refractivity contribution in [2.45, 2.75) is 75.6 Å². The van der Waals surface area contributed by atoms with Crippen LogP contribution in [0.3, 0.4) is 0 Å². The van der Waals surface area contributed by atoms with E-state index in [1.807, 2.05) is 26.2 Å². The number of piperidine rings is 1. The van der Waals surface area contributed by atoms with Gasteiger partial charge in [0.25, 0.3) is 23.2 Å². The van der Waals surface area contributed by atoms with Crippen LogP contribution in [0.25, 0.3) is 0 Å². The molecule has 206 valence electrons. The average Bonchev–Trinajstić information content (AvgIpc) is 3.23. The summed E-state index contributed by atoms with van der Waals surface area (Å²) in [5, 5.41) is 3.11. The first-order valence-electron chi connectivity index (χ1n) is 12.8. The van der Waals surface area contributed by atoms with Crippen LogP contribution in [0.4, 0.5) is 8.78 Å². The Labute approximate surface area is 229 Å². The molecule has 1 saturated heterocycles. The van der Waals surface area contributed by atoms with Gasteiger partial charge in [-0.05, 0) is 58.2 Å². The number of aryl methyl sites for hydroxylation is 1. The number of hydrogen-bond donors (Lipinski definition) is 2. The molecular formula is C27H32ClF2N3O4S. The number of pyridine rings is 1. The quantitative estimate of drug-likeness (QED) is 0.461. The first kappa shape index (κ1) is 27.3. The highest BCUT2D eigenvalue weighted by atomic mass is 35.5. The number of benzene rings is 1. The Hall–Kier alpha value is -2.30. The number of halogens is 3. The van der Waals surface area contributed by atoms with E-state index in [9.17, 15) is 18.4 Å². The molecule has 0 bridgehead atoms. The summed E-state index contributed by atoms with van der Waals surface area (Å²) < 4.78 is 39.3. The maximum atomic E-state index is 13.3. The zero-order valence-corrected chi connectivity index (χ0v) is 23.5. The van der Waals surface area contributed by atoms with E-state index in [2.05, 4.69) is 15.2 Å². The van der Waals surface area contributed by atoms with Gasteiger partial charge >= 0.3 is 0 Å². The zero-order valence-electron chi connectivity index (χ0n) is 21.9. The predicted molar refractivity (Wildman–Crippen MR) is 143 cm³/mol. The van der Waals surface area contributed by atoms with E-state index in [-0.39, 0.29) is 47.8 Å².